The van der Waals surface area contributed by atoms with E-state index in [1.165, 1.54) is 28.6 Å². The largest absolute Gasteiger partial charge is 0.446 e. The summed E-state index contributed by atoms with van der Waals surface area (Å²) < 4.78 is 65.3. The van der Waals surface area contributed by atoms with Crippen LogP contribution in [0.3, 0.4) is 0 Å². The molecule has 0 unspecified atom stereocenters. The zero-order chi connectivity index (χ0) is 28.3. The molecule has 38 heavy (non-hydrogen) atoms. The third-order valence-corrected chi connectivity index (χ3v) is 8.67. The van der Waals surface area contributed by atoms with Gasteiger partial charge in [0.15, 0.2) is 0 Å². The monoisotopic (exact) mass is 570 g/mol. The van der Waals surface area contributed by atoms with Crippen molar-refractivity contribution < 1.29 is 31.2 Å². The highest BCUT2D eigenvalue weighted by Crippen LogP contribution is 2.37. The van der Waals surface area contributed by atoms with Crippen molar-refractivity contribution >= 4 is 45.4 Å². The van der Waals surface area contributed by atoms with Crippen LogP contribution in [0.4, 0.5) is 18.9 Å². The van der Waals surface area contributed by atoms with Crippen molar-refractivity contribution in [3.8, 4) is 0 Å². The van der Waals surface area contributed by atoms with E-state index in [2.05, 4.69) is 10.6 Å². The van der Waals surface area contributed by atoms with E-state index in [-0.39, 0.29) is 48.2 Å². The standard InChI is InChI=1S/C25H29F3N4O4S2/c1-16-13-19(30-3)14-17(2)21(16)7-12-38(35,36)32-10-8-24(9-11-32,23(29)34)31-22(33)18-5-4-6-20(15-18)37-25(26,27)28/h4-7,12-15,30H,8-11H2,1-3H3,(H2,29,34)(H,31,33). The number of carbonyl (C=O) groups is 2. The Morgan fingerprint density at radius 1 is 1.11 bits per heavy atom. The maximum atomic E-state index is 13.0. The summed E-state index contributed by atoms with van der Waals surface area (Å²) in [4.78, 5) is 25.0. The van der Waals surface area contributed by atoms with Gasteiger partial charge in [0, 0.05) is 41.7 Å². The van der Waals surface area contributed by atoms with Crippen LogP contribution < -0.4 is 16.4 Å². The summed E-state index contributed by atoms with van der Waals surface area (Å²) in [5.74, 6) is -1.63. The average molecular weight is 571 g/mol. The lowest BCUT2D eigenvalue weighted by Crippen LogP contribution is -2.62. The van der Waals surface area contributed by atoms with Crippen molar-refractivity contribution in [1.82, 2.24) is 9.62 Å². The molecule has 0 radical (unpaired) electrons. The van der Waals surface area contributed by atoms with Gasteiger partial charge in [0.1, 0.15) is 5.54 Å². The lowest BCUT2D eigenvalue weighted by molar-refractivity contribution is -0.125. The number of alkyl halides is 3. The summed E-state index contributed by atoms with van der Waals surface area (Å²) in [7, 11) is -2.05. The van der Waals surface area contributed by atoms with Crippen molar-refractivity contribution in [2.75, 3.05) is 25.5 Å². The minimum atomic E-state index is -4.52. The molecule has 1 fully saturated rings. The van der Waals surface area contributed by atoms with E-state index in [1.807, 2.05) is 26.0 Å². The molecular weight excluding hydrogens is 541 g/mol. The summed E-state index contributed by atoms with van der Waals surface area (Å²) >= 11 is -0.361. The quantitative estimate of drug-likeness (QED) is 0.413. The number of nitrogens with two attached hydrogens (primary N) is 1. The number of halogens is 3. The minimum absolute atomic E-state index is 0.0760. The molecule has 0 spiro atoms. The van der Waals surface area contributed by atoms with Crippen molar-refractivity contribution in [2.24, 2.45) is 5.73 Å². The first kappa shape index (κ1) is 29.5. The lowest BCUT2D eigenvalue weighted by atomic mass is 9.87. The highest BCUT2D eigenvalue weighted by Gasteiger charge is 2.43. The topological polar surface area (TPSA) is 122 Å². The number of primary amides is 1. The molecule has 206 valence electrons. The predicted octanol–water partition coefficient (Wildman–Crippen LogP) is 4.01. The first-order valence-electron chi connectivity index (χ1n) is 11.6. The number of hydrogen-bond acceptors (Lipinski definition) is 6. The molecule has 1 aliphatic heterocycles. The highest BCUT2D eigenvalue weighted by atomic mass is 32.2. The van der Waals surface area contributed by atoms with Crippen LogP contribution in [0.15, 0.2) is 46.7 Å². The van der Waals surface area contributed by atoms with E-state index < -0.39 is 32.9 Å². The molecule has 0 saturated carbocycles. The van der Waals surface area contributed by atoms with Gasteiger partial charge in [0.2, 0.25) is 15.9 Å². The predicted molar refractivity (Wildman–Crippen MR) is 142 cm³/mol. The molecule has 2 aromatic rings. The number of hydrogen-bond donors (Lipinski definition) is 3. The van der Waals surface area contributed by atoms with Crippen LogP contribution in [0, 0.1) is 13.8 Å². The van der Waals surface area contributed by atoms with Crippen LogP contribution in [0.1, 0.15) is 39.9 Å². The summed E-state index contributed by atoms with van der Waals surface area (Å²) in [6.07, 6.45) is 1.35. The van der Waals surface area contributed by atoms with Crippen LogP contribution in [-0.4, -0.2) is 55.7 Å². The van der Waals surface area contributed by atoms with E-state index in [9.17, 15) is 31.2 Å². The summed E-state index contributed by atoms with van der Waals surface area (Å²) in [5, 5.41) is 6.70. The summed E-state index contributed by atoms with van der Waals surface area (Å²) in [6.45, 7) is 3.58. The molecule has 1 saturated heterocycles. The molecule has 0 aromatic heterocycles. The van der Waals surface area contributed by atoms with Crippen LogP contribution >= 0.6 is 11.8 Å². The number of thioether (sulfide) groups is 1. The Bertz CT molecular complexity index is 1330. The molecule has 0 aliphatic carbocycles. The van der Waals surface area contributed by atoms with Gasteiger partial charge < -0.3 is 16.4 Å². The van der Waals surface area contributed by atoms with Crippen molar-refractivity contribution in [1.29, 1.82) is 0 Å². The Kier molecular flexibility index (Phi) is 8.84. The third-order valence-electron chi connectivity index (χ3n) is 6.38. The Balaban J connectivity index is 1.73. The maximum Gasteiger partial charge on any atom is 0.446 e. The second kappa shape index (κ2) is 11.4. The average Bonchev–Trinajstić information content (AvgIpc) is 2.82. The molecule has 4 N–H and O–H groups in total. The Hall–Kier alpha value is -3.03. The second-order valence-corrected chi connectivity index (χ2v) is 12.0. The zero-order valence-corrected chi connectivity index (χ0v) is 22.7. The fourth-order valence-corrected chi connectivity index (χ4v) is 6.07. The molecule has 13 heteroatoms. The van der Waals surface area contributed by atoms with Gasteiger partial charge >= 0.3 is 5.51 Å². The van der Waals surface area contributed by atoms with Gasteiger partial charge in [-0.1, -0.05) is 6.07 Å². The Labute approximate surface area is 223 Å². The van der Waals surface area contributed by atoms with Gasteiger partial charge in [0.25, 0.3) is 5.91 Å². The Morgan fingerprint density at radius 2 is 1.71 bits per heavy atom. The number of benzene rings is 2. The van der Waals surface area contributed by atoms with Crippen molar-refractivity contribution in [2.45, 2.75) is 42.6 Å². The molecule has 8 nitrogen and oxygen atoms in total. The maximum absolute atomic E-state index is 13.0. The van der Waals surface area contributed by atoms with E-state index >= 15 is 0 Å². The lowest BCUT2D eigenvalue weighted by Gasteiger charge is -2.39. The van der Waals surface area contributed by atoms with Gasteiger partial charge in [-0.2, -0.15) is 17.5 Å². The van der Waals surface area contributed by atoms with Gasteiger partial charge in [-0.3, -0.25) is 9.59 Å². The van der Waals surface area contributed by atoms with Gasteiger partial charge in [-0.05, 0) is 91.5 Å². The van der Waals surface area contributed by atoms with Crippen LogP contribution in [-0.2, 0) is 14.8 Å². The number of carbonyl (C=O) groups excluding carboxylic acids is 2. The molecule has 3 rings (SSSR count). The smallest absolute Gasteiger partial charge is 0.388 e. The zero-order valence-electron chi connectivity index (χ0n) is 21.1. The number of aryl methyl sites for hydroxylation is 2. The molecular formula is C25H29F3N4O4S2. The van der Waals surface area contributed by atoms with Crippen LogP contribution in [0.25, 0.3) is 6.08 Å². The van der Waals surface area contributed by atoms with E-state index in [0.29, 0.717) is 0 Å². The first-order valence-corrected chi connectivity index (χ1v) is 13.9. The van der Waals surface area contributed by atoms with Gasteiger partial charge in [0.05, 0.1) is 0 Å². The summed E-state index contributed by atoms with van der Waals surface area (Å²) in [5.41, 5.74) is 2.92. The SMILES string of the molecule is CNc1cc(C)c(C=CS(=O)(=O)N2CCC(NC(=O)c3cccc(SC(F)(F)F)c3)(C(N)=O)CC2)c(C)c1. The van der Waals surface area contributed by atoms with E-state index in [1.54, 1.807) is 7.05 Å². The number of nitrogens with zero attached hydrogens (tertiary/aromatic N) is 1. The fourth-order valence-electron chi connectivity index (χ4n) is 4.30. The van der Waals surface area contributed by atoms with Gasteiger partial charge in [-0.15, -0.1) is 0 Å². The molecule has 2 amide bonds. The minimum Gasteiger partial charge on any atom is -0.388 e. The number of piperidine rings is 1. The first-order chi connectivity index (χ1) is 17.7. The highest BCUT2D eigenvalue weighted by molar-refractivity contribution is 8.00. The molecule has 1 heterocycles. The third kappa shape index (κ3) is 7.08. The molecule has 0 atom stereocenters. The van der Waals surface area contributed by atoms with Crippen LogP contribution in [0.2, 0.25) is 0 Å². The molecule has 2 aromatic carbocycles. The normalized spacial score (nSPS) is 16.4. The van der Waals surface area contributed by atoms with E-state index in [0.717, 1.165) is 33.9 Å². The van der Waals surface area contributed by atoms with Crippen molar-refractivity contribution in [3.63, 3.8) is 0 Å². The fraction of sp³-hybridized carbons (Fsp3) is 0.360. The molecule has 0 bridgehead atoms. The number of sulfonamides is 1. The van der Waals surface area contributed by atoms with Gasteiger partial charge in [-0.25, -0.2) is 8.42 Å². The van der Waals surface area contributed by atoms with E-state index in [4.69, 9.17) is 5.73 Å². The van der Waals surface area contributed by atoms with Crippen molar-refractivity contribution in [3.05, 3.63) is 64.1 Å². The Morgan fingerprint density at radius 3 is 2.24 bits per heavy atom. The number of nitrogens with one attached hydrogen (secondary N) is 2. The number of rotatable bonds is 8. The molecule has 1 aliphatic rings. The summed E-state index contributed by atoms with van der Waals surface area (Å²) in [6, 6.07) is 8.72. The second-order valence-electron chi connectivity index (χ2n) is 9.00. The number of anilines is 1. The van der Waals surface area contributed by atoms with Crippen LogP contribution in [0.5, 0.6) is 0 Å². The number of amides is 2.